The van der Waals surface area contributed by atoms with Gasteiger partial charge in [-0.15, -0.1) is 11.3 Å². The monoisotopic (exact) mass is 221 g/mol. The van der Waals surface area contributed by atoms with E-state index in [0.717, 1.165) is 9.75 Å². The minimum atomic E-state index is -0.185. The molecule has 0 aliphatic carbocycles. The number of halogens is 1. The van der Waals surface area contributed by atoms with Crippen molar-refractivity contribution < 1.29 is 4.39 Å². The molecular formula is C12H12FNS. The SMILES string of the molecule is C[C@@H](N)c1ccc(-c2ccccc2F)s1. The molecule has 15 heavy (non-hydrogen) atoms. The van der Waals surface area contributed by atoms with Crippen molar-refractivity contribution in [2.24, 2.45) is 5.73 Å². The van der Waals surface area contributed by atoms with Crippen molar-refractivity contribution >= 4 is 11.3 Å². The van der Waals surface area contributed by atoms with Crippen LogP contribution in [-0.2, 0) is 0 Å². The van der Waals surface area contributed by atoms with Crippen molar-refractivity contribution in [2.45, 2.75) is 13.0 Å². The molecule has 0 saturated carbocycles. The van der Waals surface area contributed by atoms with E-state index in [9.17, 15) is 4.39 Å². The van der Waals surface area contributed by atoms with Gasteiger partial charge in [0.15, 0.2) is 0 Å². The zero-order chi connectivity index (χ0) is 10.8. The van der Waals surface area contributed by atoms with Crippen molar-refractivity contribution in [3.63, 3.8) is 0 Å². The van der Waals surface area contributed by atoms with E-state index in [1.807, 2.05) is 25.1 Å². The summed E-state index contributed by atoms with van der Waals surface area (Å²) in [4.78, 5) is 2.01. The molecule has 78 valence electrons. The van der Waals surface area contributed by atoms with Crippen molar-refractivity contribution in [1.29, 1.82) is 0 Å². The van der Waals surface area contributed by atoms with Gasteiger partial charge in [0.05, 0.1) is 0 Å². The third-order valence-electron chi connectivity index (χ3n) is 2.21. The number of hydrogen-bond donors (Lipinski definition) is 1. The highest BCUT2D eigenvalue weighted by molar-refractivity contribution is 7.15. The maximum atomic E-state index is 13.5. The van der Waals surface area contributed by atoms with Crippen LogP contribution in [0.15, 0.2) is 36.4 Å². The van der Waals surface area contributed by atoms with Gasteiger partial charge in [-0.05, 0) is 25.1 Å². The molecule has 0 radical (unpaired) electrons. The third kappa shape index (κ3) is 2.08. The number of nitrogens with two attached hydrogens (primary N) is 1. The van der Waals surface area contributed by atoms with E-state index in [1.165, 1.54) is 6.07 Å². The summed E-state index contributed by atoms with van der Waals surface area (Å²) in [5, 5.41) is 0. The quantitative estimate of drug-likeness (QED) is 0.824. The fourth-order valence-corrected chi connectivity index (χ4v) is 2.39. The lowest BCUT2D eigenvalue weighted by Gasteiger charge is -2.00. The van der Waals surface area contributed by atoms with Crippen LogP contribution in [0.5, 0.6) is 0 Å². The number of benzene rings is 1. The summed E-state index contributed by atoms with van der Waals surface area (Å²) in [5.41, 5.74) is 6.41. The fraction of sp³-hybridized carbons (Fsp3) is 0.167. The van der Waals surface area contributed by atoms with E-state index in [0.29, 0.717) is 5.56 Å². The molecular weight excluding hydrogens is 209 g/mol. The molecule has 0 bridgehead atoms. The summed E-state index contributed by atoms with van der Waals surface area (Å²) in [6.07, 6.45) is 0. The van der Waals surface area contributed by atoms with Gasteiger partial charge in [-0.3, -0.25) is 0 Å². The molecule has 0 unspecified atom stereocenters. The second-order valence-electron chi connectivity index (χ2n) is 3.47. The summed E-state index contributed by atoms with van der Waals surface area (Å²) in [7, 11) is 0. The highest BCUT2D eigenvalue weighted by Gasteiger charge is 2.08. The average molecular weight is 221 g/mol. The van der Waals surface area contributed by atoms with Gasteiger partial charge in [0.2, 0.25) is 0 Å². The summed E-state index contributed by atoms with van der Waals surface area (Å²) < 4.78 is 13.5. The Kier molecular flexibility index (Phi) is 2.84. The van der Waals surface area contributed by atoms with Crippen LogP contribution in [-0.4, -0.2) is 0 Å². The number of hydrogen-bond acceptors (Lipinski definition) is 2. The van der Waals surface area contributed by atoms with Gasteiger partial charge >= 0.3 is 0 Å². The zero-order valence-electron chi connectivity index (χ0n) is 8.41. The first-order chi connectivity index (χ1) is 7.18. The van der Waals surface area contributed by atoms with Gasteiger partial charge in [-0.25, -0.2) is 4.39 Å². The molecule has 1 atom stereocenters. The van der Waals surface area contributed by atoms with Crippen LogP contribution in [0.4, 0.5) is 4.39 Å². The average Bonchev–Trinajstić information content (AvgIpc) is 2.67. The fourth-order valence-electron chi connectivity index (χ4n) is 1.40. The molecule has 0 saturated heterocycles. The smallest absolute Gasteiger partial charge is 0.131 e. The maximum Gasteiger partial charge on any atom is 0.131 e. The van der Waals surface area contributed by atoms with E-state index in [-0.39, 0.29) is 11.9 Å². The number of thiophene rings is 1. The second-order valence-corrected chi connectivity index (χ2v) is 4.59. The summed E-state index contributed by atoms with van der Waals surface area (Å²) in [6.45, 7) is 1.93. The Hall–Kier alpha value is -1.19. The molecule has 2 rings (SSSR count). The van der Waals surface area contributed by atoms with Gasteiger partial charge in [0.1, 0.15) is 5.82 Å². The largest absolute Gasteiger partial charge is 0.324 e. The van der Waals surface area contributed by atoms with E-state index < -0.39 is 0 Å². The molecule has 0 spiro atoms. The molecule has 0 aliphatic rings. The standard InChI is InChI=1S/C12H12FNS/c1-8(14)11-6-7-12(15-11)9-4-2-3-5-10(9)13/h2-8H,14H2,1H3/t8-/m1/s1. The van der Waals surface area contributed by atoms with Gasteiger partial charge < -0.3 is 5.73 Å². The predicted octanol–water partition coefficient (Wildman–Crippen LogP) is 3.57. The van der Waals surface area contributed by atoms with Crippen molar-refractivity contribution in [3.05, 3.63) is 47.1 Å². The first kappa shape index (κ1) is 10.3. The van der Waals surface area contributed by atoms with E-state index in [4.69, 9.17) is 5.73 Å². The van der Waals surface area contributed by atoms with Crippen LogP contribution >= 0.6 is 11.3 Å². The molecule has 1 nitrogen and oxygen atoms in total. The summed E-state index contributed by atoms with van der Waals surface area (Å²) >= 11 is 1.54. The van der Waals surface area contributed by atoms with Gasteiger partial charge in [0.25, 0.3) is 0 Å². The Morgan fingerprint density at radius 1 is 1.20 bits per heavy atom. The molecule has 1 aromatic carbocycles. The Bertz CT molecular complexity index is 462. The number of rotatable bonds is 2. The van der Waals surface area contributed by atoms with E-state index in [1.54, 1.807) is 23.5 Å². The lowest BCUT2D eigenvalue weighted by Crippen LogP contribution is -2.01. The van der Waals surface area contributed by atoms with Crippen LogP contribution in [0, 0.1) is 5.82 Å². The third-order valence-corrected chi connectivity index (χ3v) is 3.53. The van der Waals surface area contributed by atoms with Crippen LogP contribution in [0.25, 0.3) is 10.4 Å². The zero-order valence-corrected chi connectivity index (χ0v) is 9.22. The minimum Gasteiger partial charge on any atom is -0.324 e. The van der Waals surface area contributed by atoms with Gasteiger partial charge in [-0.1, -0.05) is 18.2 Å². The highest BCUT2D eigenvalue weighted by atomic mass is 32.1. The Morgan fingerprint density at radius 3 is 2.53 bits per heavy atom. The normalized spacial score (nSPS) is 12.7. The Morgan fingerprint density at radius 2 is 1.93 bits per heavy atom. The summed E-state index contributed by atoms with van der Waals surface area (Å²) in [5.74, 6) is -0.185. The Labute approximate surface area is 92.4 Å². The maximum absolute atomic E-state index is 13.5. The summed E-state index contributed by atoms with van der Waals surface area (Å²) in [6, 6.07) is 10.7. The molecule has 0 amide bonds. The molecule has 2 aromatic rings. The molecule has 3 heteroatoms. The lowest BCUT2D eigenvalue weighted by atomic mass is 10.2. The molecule has 1 heterocycles. The molecule has 0 aliphatic heterocycles. The van der Waals surface area contributed by atoms with E-state index in [2.05, 4.69) is 0 Å². The first-order valence-electron chi connectivity index (χ1n) is 4.78. The van der Waals surface area contributed by atoms with Gasteiger partial charge in [-0.2, -0.15) is 0 Å². The van der Waals surface area contributed by atoms with Gasteiger partial charge in [0, 0.05) is 21.4 Å². The molecule has 2 N–H and O–H groups in total. The minimum absolute atomic E-state index is 0.00974. The topological polar surface area (TPSA) is 26.0 Å². The van der Waals surface area contributed by atoms with Crippen LogP contribution in [0.3, 0.4) is 0 Å². The van der Waals surface area contributed by atoms with E-state index >= 15 is 0 Å². The Balaban J connectivity index is 2.42. The molecule has 0 fully saturated rings. The van der Waals surface area contributed by atoms with Crippen molar-refractivity contribution in [2.75, 3.05) is 0 Å². The highest BCUT2D eigenvalue weighted by Crippen LogP contribution is 2.31. The van der Waals surface area contributed by atoms with Crippen LogP contribution in [0.1, 0.15) is 17.8 Å². The second kappa shape index (κ2) is 4.13. The van der Waals surface area contributed by atoms with Crippen molar-refractivity contribution in [1.82, 2.24) is 0 Å². The van der Waals surface area contributed by atoms with Crippen LogP contribution < -0.4 is 5.73 Å². The van der Waals surface area contributed by atoms with Crippen molar-refractivity contribution in [3.8, 4) is 10.4 Å². The lowest BCUT2D eigenvalue weighted by molar-refractivity contribution is 0.631. The first-order valence-corrected chi connectivity index (χ1v) is 5.60. The van der Waals surface area contributed by atoms with Crippen LogP contribution in [0.2, 0.25) is 0 Å². The predicted molar refractivity (Wildman–Crippen MR) is 62.3 cm³/mol. The molecule has 1 aromatic heterocycles.